The van der Waals surface area contributed by atoms with Crippen LogP contribution in [0, 0.1) is 11.8 Å². The third kappa shape index (κ3) is 2.21. The number of rotatable bonds is 2. The summed E-state index contributed by atoms with van der Waals surface area (Å²) in [6.07, 6.45) is 8.70. The predicted molar refractivity (Wildman–Crippen MR) is 41.3 cm³/mol. The van der Waals surface area contributed by atoms with Crippen LogP contribution in [0.2, 0.25) is 0 Å². The van der Waals surface area contributed by atoms with Gasteiger partial charge < -0.3 is 0 Å². The average molecular weight is 124 g/mol. The lowest BCUT2D eigenvalue weighted by Crippen LogP contribution is -1.98. The number of hydrogen-bond acceptors (Lipinski definition) is 0. The van der Waals surface area contributed by atoms with Crippen molar-refractivity contribution < 1.29 is 0 Å². The highest BCUT2D eigenvalue weighted by Crippen LogP contribution is 2.24. The zero-order valence-electron chi connectivity index (χ0n) is 6.43. The fourth-order valence-electron chi connectivity index (χ4n) is 1.53. The largest absolute Gasteiger partial charge is 0.0882 e. The van der Waals surface area contributed by atoms with E-state index >= 15 is 0 Å². The lowest BCUT2D eigenvalue weighted by atomic mass is 9.95. The summed E-state index contributed by atoms with van der Waals surface area (Å²) in [4.78, 5) is 0. The average Bonchev–Trinajstić information content (AvgIpc) is 2.15. The van der Waals surface area contributed by atoms with Gasteiger partial charge in [0.15, 0.2) is 0 Å². The van der Waals surface area contributed by atoms with Crippen molar-refractivity contribution in [1.29, 1.82) is 0 Å². The van der Waals surface area contributed by atoms with Crippen LogP contribution < -0.4 is 0 Å². The van der Waals surface area contributed by atoms with Crippen LogP contribution in [0.5, 0.6) is 0 Å². The van der Waals surface area contributed by atoms with Gasteiger partial charge in [0.25, 0.3) is 0 Å². The molecule has 0 aromatic rings. The zero-order valence-corrected chi connectivity index (χ0v) is 6.43. The first-order valence-corrected chi connectivity index (χ1v) is 3.94. The monoisotopic (exact) mass is 124 g/mol. The molecule has 0 saturated carbocycles. The highest BCUT2D eigenvalue weighted by atomic mass is 14.2. The summed E-state index contributed by atoms with van der Waals surface area (Å²) in [7, 11) is 0. The second-order valence-electron chi connectivity index (χ2n) is 3.44. The second kappa shape index (κ2) is 3.05. The van der Waals surface area contributed by atoms with E-state index in [9.17, 15) is 0 Å². The van der Waals surface area contributed by atoms with Crippen LogP contribution in [0.3, 0.4) is 0 Å². The third-order valence-corrected chi connectivity index (χ3v) is 1.91. The van der Waals surface area contributed by atoms with Crippen LogP contribution in [-0.2, 0) is 0 Å². The van der Waals surface area contributed by atoms with E-state index in [0.29, 0.717) is 0 Å². The zero-order chi connectivity index (χ0) is 6.69. The van der Waals surface area contributed by atoms with Gasteiger partial charge in [-0.2, -0.15) is 0 Å². The van der Waals surface area contributed by atoms with Crippen molar-refractivity contribution in [2.75, 3.05) is 0 Å². The molecule has 0 heteroatoms. The maximum atomic E-state index is 2.31. The Morgan fingerprint density at radius 2 is 1.89 bits per heavy atom. The molecule has 0 aromatic heterocycles. The Balaban J connectivity index is 2.14. The van der Waals surface area contributed by atoms with Crippen molar-refractivity contribution in [2.45, 2.75) is 33.1 Å². The maximum Gasteiger partial charge on any atom is -0.0319 e. The summed E-state index contributed by atoms with van der Waals surface area (Å²) in [6.45, 7) is 4.61. The molecule has 0 radical (unpaired) electrons. The van der Waals surface area contributed by atoms with Gasteiger partial charge in [0, 0.05) is 0 Å². The fraction of sp³-hybridized carbons (Fsp3) is 0.778. The minimum absolute atomic E-state index is 0.884. The molecule has 0 bridgehead atoms. The molecule has 0 amide bonds. The van der Waals surface area contributed by atoms with Crippen molar-refractivity contribution in [3.05, 3.63) is 12.2 Å². The summed E-state index contributed by atoms with van der Waals surface area (Å²) in [5.74, 6) is 1.86. The SMILES string of the molecule is CC(C)CC1CC=CC1. The summed E-state index contributed by atoms with van der Waals surface area (Å²) in [5.41, 5.74) is 0. The lowest BCUT2D eigenvalue weighted by Gasteiger charge is -2.10. The highest BCUT2D eigenvalue weighted by molar-refractivity contribution is 4.94. The van der Waals surface area contributed by atoms with Crippen molar-refractivity contribution in [1.82, 2.24) is 0 Å². The molecule has 1 rings (SSSR count). The van der Waals surface area contributed by atoms with E-state index < -0.39 is 0 Å². The predicted octanol–water partition coefficient (Wildman–Crippen LogP) is 3.00. The van der Waals surface area contributed by atoms with E-state index in [1.54, 1.807) is 0 Å². The van der Waals surface area contributed by atoms with Crippen LogP contribution in [0.25, 0.3) is 0 Å². The third-order valence-electron chi connectivity index (χ3n) is 1.91. The molecule has 0 spiro atoms. The lowest BCUT2D eigenvalue weighted by molar-refractivity contribution is 0.430. The van der Waals surface area contributed by atoms with Crippen LogP contribution in [0.4, 0.5) is 0 Å². The van der Waals surface area contributed by atoms with E-state index in [1.165, 1.54) is 19.3 Å². The smallest absolute Gasteiger partial charge is 0.0319 e. The van der Waals surface area contributed by atoms with Crippen LogP contribution >= 0.6 is 0 Å². The van der Waals surface area contributed by atoms with Gasteiger partial charge >= 0.3 is 0 Å². The van der Waals surface area contributed by atoms with Gasteiger partial charge in [0.2, 0.25) is 0 Å². The van der Waals surface area contributed by atoms with Crippen molar-refractivity contribution in [2.24, 2.45) is 11.8 Å². The van der Waals surface area contributed by atoms with Crippen LogP contribution in [0.15, 0.2) is 12.2 Å². The second-order valence-corrected chi connectivity index (χ2v) is 3.44. The fourth-order valence-corrected chi connectivity index (χ4v) is 1.53. The maximum absolute atomic E-state index is 2.31. The summed E-state index contributed by atoms with van der Waals surface area (Å²) < 4.78 is 0. The topological polar surface area (TPSA) is 0 Å². The first-order chi connectivity index (χ1) is 4.29. The van der Waals surface area contributed by atoms with Gasteiger partial charge in [0.05, 0.1) is 0 Å². The van der Waals surface area contributed by atoms with Crippen molar-refractivity contribution in [3.63, 3.8) is 0 Å². The normalized spacial score (nSPS) is 19.9. The highest BCUT2D eigenvalue weighted by Gasteiger charge is 2.10. The van der Waals surface area contributed by atoms with E-state index in [0.717, 1.165) is 11.8 Å². The minimum Gasteiger partial charge on any atom is -0.0882 e. The summed E-state index contributed by atoms with van der Waals surface area (Å²) >= 11 is 0. The van der Waals surface area contributed by atoms with Gasteiger partial charge in [-0.1, -0.05) is 26.0 Å². The minimum atomic E-state index is 0.884. The summed E-state index contributed by atoms with van der Waals surface area (Å²) in [6, 6.07) is 0. The van der Waals surface area contributed by atoms with E-state index in [4.69, 9.17) is 0 Å². The summed E-state index contributed by atoms with van der Waals surface area (Å²) in [5, 5.41) is 0. The van der Waals surface area contributed by atoms with E-state index in [1.807, 2.05) is 0 Å². The van der Waals surface area contributed by atoms with Gasteiger partial charge in [0.1, 0.15) is 0 Å². The van der Waals surface area contributed by atoms with Gasteiger partial charge in [-0.05, 0) is 31.1 Å². The molecule has 0 N–H and O–H groups in total. The first kappa shape index (κ1) is 6.85. The number of hydrogen-bond donors (Lipinski definition) is 0. The Morgan fingerprint density at radius 3 is 2.33 bits per heavy atom. The van der Waals surface area contributed by atoms with E-state index in [-0.39, 0.29) is 0 Å². The van der Waals surface area contributed by atoms with Gasteiger partial charge in [-0.25, -0.2) is 0 Å². The molecule has 0 nitrogen and oxygen atoms in total. The van der Waals surface area contributed by atoms with Crippen LogP contribution in [0.1, 0.15) is 33.1 Å². The molecule has 0 fully saturated rings. The Bertz CT molecular complexity index is 92.6. The van der Waals surface area contributed by atoms with Gasteiger partial charge in [-0.15, -0.1) is 0 Å². The molecule has 52 valence electrons. The molecular formula is C9H16. The molecule has 0 unspecified atom stereocenters. The molecule has 0 saturated heterocycles. The Kier molecular flexibility index (Phi) is 2.32. The van der Waals surface area contributed by atoms with Crippen molar-refractivity contribution in [3.8, 4) is 0 Å². The Hall–Kier alpha value is -0.260. The molecule has 1 aliphatic carbocycles. The van der Waals surface area contributed by atoms with E-state index in [2.05, 4.69) is 26.0 Å². The molecule has 0 aliphatic heterocycles. The standard InChI is InChI=1S/C9H16/c1-8(2)7-9-5-3-4-6-9/h3-4,8-9H,5-7H2,1-2H3. The van der Waals surface area contributed by atoms with Crippen molar-refractivity contribution >= 4 is 0 Å². The molecule has 9 heavy (non-hydrogen) atoms. The Labute approximate surface area is 58.0 Å². The molecule has 0 aromatic carbocycles. The van der Waals surface area contributed by atoms with Gasteiger partial charge in [-0.3, -0.25) is 0 Å². The number of allylic oxidation sites excluding steroid dienone is 2. The molecule has 1 aliphatic rings. The first-order valence-electron chi connectivity index (χ1n) is 3.94. The Morgan fingerprint density at radius 1 is 1.33 bits per heavy atom. The molecule has 0 heterocycles. The molecule has 0 atom stereocenters. The quantitative estimate of drug-likeness (QED) is 0.496. The molecular weight excluding hydrogens is 108 g/mol. The van der Waals surface area contributed by atoms with Crippen LogP contribution in [-0.4, -0.2) is 0 Å².